The lowest BCUT2D eigenvalue weighted by atomic mass is 10.2. The van der Waals surface area contributed by atoms with E-state index < -0.39 is 0 Å². The quantitative estimate of drug-likeness (QED) is 0.885. The predicted molar refractivity (Wildman–Crippen MR) is 87.6 cm³/mol. The van der Waals surface area contributed by atoms with Gasteiger partial charge in [0.05, 0.1) is 16.4 Å². The van der Waals surface area contributed by atoms with E-state index in [2.05, 4.69) is 20.9 Å². The Morgan fingerprint density at radius 3 is 2.57 bits per heavy atom. The smallest absolute Gasteiger partial charge is 0.0660 e. The molecule has 0 amide bonds. The van der Waals surface area contributed by atoms with Crippen LogP contribution in [0, 0.1) is 0 Å². The van der Waals surface area contributed by atoms with Gasteiger partial charge < -0.3 is 10.6 Å². The molecule has 2 N–H and O–H groups in total. The van der Waals surface area contributed by atoms with Crippen LogP contribution in [0.25, 0.3) is 0 Å². The normalized spacial score (nSPS) is 16.1. The Morgan fingerprint density at radius 2 is 1.90 bits per heavy atom. The summed E-state index contributed by atoms with van der Waals surface area (Å²) in [7, 11) is 0. The van der Waals surface area contributed by atoms with Crippen LogP contribution in [0.15, 0.2) is 42.6 Å². The van der Waals surface area contributed by atoms with E-state index in [0.717, 1.165) is 49.1 Å². The third-order valence-corrected chi connectivity index (χ3v) is 4.10. The van der Waals surface area contributed by atoms with Gasteiger partial charge in [0.25, 0.3) is 0 Å². The van der Waals surface area contributed by atoms with Crippen molar-refractivity contribution in [2.24, 2.45) is 0 Å². The molecule has 1 aliphatic heterocycles. The Balaban J connectivity index is 1.60. The second kappa shape index (κ2) is 6.33. The van der Waals surface area contributed by atoms with Crippen molar-refractivity contribution in [1.29, 1.82) is 0 Å². The number of rotatable bonds is 3. The molecule has 21 heavy (non-hydrogen) atoms. The van der Waals surface area contributed by atoms with E-state index in [1.54, 1.807) is 0 Å². The van der Waals surface area contributed by atoms with Gasteiger partial charge >= 0.3 is 0 Å². The molecule has 1 aromatic heterocycles. The lowest BCUT2D eigenvalue weighted by molar-refractivity contribution is 0.247. The van der Waals surface area contributed by atoms with Gasteiger partial charge in [-0.05, 0) is 30.3 Å². The molecule has 0 aliphatic carbocycles. The van der Waals surface area contributed by atoms with E-state index in [0.29, 0.717) is 5.69 Å². The topological polar surface area (TPSA) is 45.4 Å². The lowest BCUT2D eigenvalue weighted by Crippen LogP contribution is -2.46. The second-order valence-electron chi connectivity index (χ2n) is 5.30. The molecule has 0 atom stereocenters. The van der Waals surface area contributed by atoms with Crippen LogP contribution in [0.5, 0.6) is 0 Å². The molecule has 1 saturated heterocycles. The Labute approximate surface area is 130 Å². The second-order valence-corrected chi connectivity index (χ2v) is 5.70. The molecule has 5 heteroatoms. The number of anilines is 2. The Bertz CT molecular complexity index is 594. The molecule has 1 fully saturated rings. The first-order valence-electron chi connectivity index (χ1n) is 7.14. The molecule has 0 spiro atoms. The molecule has 4 nitrogen and oxygen atoms in total. The Kier molecular flexibility index (Phi) is 4.27. The summed E-state index contributed by atoms with van der Waals surface area (Å²) in [6, 6.07) is 11.8. The average molecular weight is 303 g/mol. The number of halogens is 1. The number of piperazine rings is 1. The number of aromatic nitrogens is 1. The molecule has 1 aliphatic rings. The van der Waals surface area contributed by atoms with Gasteiger partial charge in [-0.1, -0.05) is 17.7 Å². The van der Waals surface area contributed by atoms with Crippen molar-refractivity contribution < 1.29 is 0 Å². The van der Waals surface area contributed by atoms with E-state index in [9.17, 15) is 0 Å². The minimum absolute atomic E-state index is 0.706. The van der Waals surface area contributed by atoms with Gasteiger partial charge in [-0.3, -0.25) is 9.88 Å². The summed E-state index contributed by atoms with van der Waals surface area (Å²) in [5, 5.41) is 0.730. The van der Waals surface area contributed by atoms with Gasteiger partial charge in [0.2, 0.25) is 0 Å². The van der Waals surface area contributed by atoms with Gasteiger partial charge in [-0.15, -0.1) is 0 Å². The molecule has 3 rings (SSSR count). The summed E-state index contributed by atoms with van der Waals surface area (Å²) in [6.07, 6.45) is 1.85. The van der Waals surface area contributed by atoms with E-state index in [1.165, 1.54) is 0 Å². The van der Waals surface area contributed by atoms with Crippen molar-refractivity contribution >= 4 is 23.0 Å². The SMILES string of the molecule is Nc1ccc(N2CCN(Cc3ccccn3)CC2)c(Cl)c1. The van der Waals surface area contributed by atoms with Crippen LogP contribution in [0.1, 0.15) is 5.69 Å². The number of pyridine rings is 1. The fourth-order valence-corrected chi connectivity index (χ4v) is 2.96. The van der Waals surface area contributed by atoms with Crippen LogP contribution in [0.3, 0.4) is 0 Å². The summed E-state index contributed by atoms with van der Waals surface area (Å²) in [5.41, 5.74) is 8.65. The summed E-state index contributed by atoms with van der Waals surface area (Å²) in [6.45, 7) is 4.87. The Morgan fingerprint density at radius 1 is 1.10 bits per heavy atom. The highest BCUT2D eigenvalue weighted by atomic mass is 35.5. The van der Waals surface area contributed by atoms with Gasteiger partial charge in [-0.2, -0.15) is 0 Å². The van der Waals surface area contributed by atoms with Crippen LogP contribution >= 0.6 is 11.6 Å². The first-order chi connectivity index (χ1) is 10.2. The molecule has 0 radical (unpaired) electrons. The molecule has 110 valence electrons. The molecule has 2 aromatic rings. The van der Waals surface area contributed by atoms with Crippen LogP contribution in [-0.2, 0) is 6.54 Å². The fraction of sp³-hybridized carbons (Fsp3) is 0.312. The highest BCUT2D eigenvalue weighted by Gasteiger charge is 2.19. The lowest BCUT2D eigenvalue weighted by Gasteiger charge is -2.36. The number of nitrogens with two attached hydrogens (primary N) is 1. The number of nitrogens with zero attached hydrogens (tertiary/aromatic N) is 3. The maximum Gasteiger partial charge on any atom is 0.0660 e. The Hall–Kier alpha value is -1.78. The van der Waals surface area contributed by atoms with Gasteiger partial charge in [0.1, 0.15) is 0 Å². The predicted octanol–water partition coefficient (Wildman–Crippen LogP) is 2.64. The van der Waals surface area contributed by atoms with E-state index in [1.807, 2.05) is 36.5 Å². The highest BCUT2D eigenvalue weighted by molar-refractivity contribution is 6.33. The molecule has 0 saturated carbocycles. The standard InChI is InChI=1S/C16H19ClN4/c17-15-11-13(18)4-5-16(15)21-9-7-20(8-10-21)12-14-3-1-2-6-19-14/h1-6,11H,7-10,12,18H2. The molecular weight excluding hydrogens is 284 g/mol. The van der Waals surface area contributed by atoms with Crippen molar-refractivity contribution in [3.05, 3.63) is 53.3 Å². The third-order valence-electron chi connectivity index (χ3n) is 3.80. The first-order valence-corrected chi connectivity index (χ1v) is 7.52. The average Bonchev–Trinajstić information content (AvgIpc) is 2.49. The summed E-state index contributed by atoms with van der Waals surface area (Å²) >= 11 is 6.28. The minimum atomic E-state index is 0.706. The maximum absolute atomic E-state index is 6.28. The van der Waals surface area contributed by atoms with Gasteiger partial charge in [0, 0.05) is 44.6 Å². The van der Waals surface area contributed by atoms with Gasteiger partial charge in [-0.25, -0.2) is 0 Å². The fourth-order valence-electron chi connectivity index (χ4n) is 2.65. The molecule has 0 bridgehead atoms. The number of nitrogen functional groups attached to an aromatic ring is 1. The number of hydrogen-bond acceptors (Lipinski definition) is 4. The summed E-state index contributed by atoms with van der Waals surface area (Å²) < 4.78 is 0. The van der Waals surface area contributed by atoms with E-state index in [-0.39, 0.29) is 0 Å². The first kappa shape index (κ1) is 14.2. The molecular formula is C16H19ClN4. The van der Waals surface area contributed by atoms with Gasteiger partial charge in [0.15, 0.2) is 0 Å². The van der Waals surface area contributed by atoms with Crippen molar-refractivity contribution in [1.82, 2.24) is 9.88 Å². The van der Waals surface area contributed by atoms with Crippen molar-refractivity contribution in [3.63, 3.8) is 0 Å². The monoisotopic (exact) mass is 302 g/mol. The number of benzene rings is 1. The van der Waals surface area contributed by atoms with E-state index in [4.69, 9.17) is 17.3 Å². The van der Waals surface area contributed by atoms with E-state index >= 15 is 0 Å². The summed E-state index contributed by atoms with van der Waals surface area (Å²) in [4.78, 5) is 9.12. The van der Waals surface area contributed by atoms with Crippen molar-refractivity contribution in [3.8, 4) is 0 Å². The van der Waals surface area contributed by atoms with Crippen molar-refractivity contribution in [2.75, 3.05) is 36.8 Å². The zero-order valence-corrected chi connectivity index (χ0v) is 12.6. The largest absolute Gasteiger partial charge is 0.399 e. The highest BCUT2D eigenvalue weighted by Crippen LogP contribution is 2.28. The minimum Gasteiger partial charge on any atom is -0.399 e. The zero-order valence-electron chi connectivity index (χ0n) is 11.9. The van der Waals surface area contributed by atoms with Crippen LogP contribution < -0.4 is 10.6 Å². The zero-order chi connectivity index (χ0) is 14.7. The van der Waals surface area contributed by atoms with Crippen LogP contribution in [0.2, 0.25) is 5.02 Å². The molecule has 2 heterocycles. The van der Waals surface area contributed by atoms with Crippen LogP contribution in [0.4, 0.5) is 11.4 Å². The molecule has 0 unspecified atom stereocenters. The van der Waals surface area contributed by atoms with Crippen LogP contribution in [-0.4, -0.2) is 36.1 Å². The number of hydrogen-bond donors (Lipinski definition) is 1. The third kappa shape index (κ3) is 3.46. The van der Waals surface area contributed by atoms with Crippen molar-refractivity contribution in [2.45, 2.75) is 6.54 Å². The summed E-state index contributed by atoms with van der Waals surface area (Å²) in [5.74, 6) is 0. The maximum atomic E-state index is 6.28. The molecule has 1 aromatic carbocycles.